The van der Waals surface area contributed by atoms with Gasteiger partial charge >= 0.3 is 0 Å². The minimum Gasteiger partial charge on any atom is -0.366 e. The van der Waals surface area contributed by atoms with Crippen molar-refractivity contribution in [3.63, 3.8) is 0 Å². The third kappa shape index (κ3) is 3.25. The molecule has 2 aromatic carbocycles. The Morgan fingerprint density at radius 1 is 1.23 bits per heavy atom. The van der Waals surface area contributed by atoms with Gasteiger partial charge in [-0.25, -0.2) is 0 Å². The highest BCUT2D eigenvalue weighted by Crippen LogP contribution is 2.22. The van der Waals surface area contributed by atoms with Gasteiger partial charge in [0.05, 0.1) is 17.2 Å². The van der Waals surface area contributed by atoms with Crippen molar-refractivity contribution < 1.29 is 9.59 Å². The van der Waals surface area contributed by atoms with Gasteiger partial charge in [-0.05, 0) is 35.9 Å². The number of carbonyl (C=O) groups excluding carboxylic acids is 2. The number of rotatable bonds is 4. The van der Waals surface area contributed by atoms with Crippen LogP contribution in [0.4, 0.5) is 0 Å². The molecule has 0 bridgehead atoms. The molecule has 2 amide bonds. The van der Waals surface area contributed by atoms with Gasteiger partial charge in [0.1, 0.15) is 5.69 Å². The van der Waals surface area contributed by atoms with Gasteiger partial charge in [-0.1, -0.05) is 23.7 Å². The summed E-state index contributed by atoms with van der Waals surface area (Å²) in [6.45, 7) is 0.201. The zero-order valence-electron chi connectivity index (χ0n) is 13.9. The first-order valence-corrected chi connectivity index (χ1v) is 8.14. The molecule has 26 heavy (non-hydrogen) atoms. The van der Waals surface area contributed by atoms with E-state index in [0.29, 0.717) is 16.3 Å². The Labute approximate surface area is 154 Å². The van der Waals surface area contributed by atoms with Crippen molar-refractivity contribution >= 4 is 34.3 Å². The molecule has 0 spiro atoms. The van der Waals surface area contributed by atoms with E-state index >= 15 is 0 Å². The Bertz CT molecular complexity index is 1080. The van der Waals surface area contributed by atoms with Gasteiger partial charge < -0.3 is 15.6 Å². The Morgan fingerprint density at radius 3 is 2.69 bits per heavy atom. The highest BCUT2D eigenvalue weighted by molar-refractivity contribution is 6.31. The standard InChI is InChI=1S/C19H15ClN4O2/c1-24-16-8-14(20)5-4-12(16)7-17(24)19(26)23-10-11-2-3-13(9-21)15(6-11)18(22)25/h2-8H,10H2,1H3,(H2,22,25)(H,23,26). The first kappa shape index (κ1) is 17.5. The largest absolute Gasteiger partial charge is 0.366 e. The fraction of sp³-hybridized carbons (Fsp3) is 0.105. The van der Waals surface area contributed by atoms with Gasteiger partial charge in [0.15, 0.2) is 0 Å². The van der Waals surface area contributed by atoms with Crippen molar-refractivity contribution in [1.82, 2.24) is 9.88 Å². The number of hydrogen-bond acceptors (Lipinski definition) is 3. The molecule has 0 saturated heterocycles. The van der Waals surface area contributed by atoms with E-state index < -0.39 is 5.91 Å². The van der Waals surface area contributed by atoms with Crippen molar-refractivity contribution in [2.24, 2.45) is 12.8 Å². The number of halogens is 1. The molecule has 0 aliphatic carbocycles. The quantitative estimate of drug-likeness (QED) is 0.742. The van der Waals surface area contributed by atoms with Gasteiger partial charge in [0.25, 0.3) is 5.91 Å². The molecule has 0 radical (unpaired) electrons. The molecule has 6 nitrogen and oxygen atoms in total. The third-order valence-corrected chi connectivity index (χ3v) is 4.40. The van der Waals surface area contributed by atoms with Gasteiger partial charge in [0.2, 0.25) is 5.91 Å². The van der Waals surface area contributed by atoms with Crippen molar-refractivity contribution in [2.75, 3.05) is 0 Å². The van der Waals surface area contributed by atoms with Gasteiger partial charge in [-0.2, -0.15) is 5.26 Å². The highest BCUT2D eigenvalue weighted by atomic mass is 35.5. The highest BCUT2D eigenvalue weighted by Gasteiger charge is 2.14. The number of nitriles is 1. The number of aryl methyl sites for hydroxylation is 1. The average molecular weight is 367 g/mol. The molecule has 3 rings (SSSR count). The minimum atomic E-state index is -0.680. The normalized spacial score (nSPS) is 10.5. The average Bonchev–Trinajstić information content (AvgIpc) is 2.95. The van der Waals surface area contributed by atoms with Crippen LogP contribution in [0.3, 0.4) is 0 Å². The molecule has 0 aliphatic heterocycles. The minimum absolute atomic E-state index is 0.137. The van der Waals surface area contributed by atoms with E-state index in [9.17, 15) is 9.59 Å². The van der Waals surface area contributed by atoms with Crippen LogP contribution in [0.1, 0.15) is 32.0 Å². The summed E-state index contributed by atoms with van der Waals surface area (Å²) in [4.78, 5) is 24.0. The van der Waals surface area contributed by atoms with E-state index in [0.717, 1.165) is 10.9 Å². The van der Waals surface area contributed by atoms with Crippen LogP contribution < -0.4 is 11.1 Å². The van der Waals surface area contributed by atoms with Crippen LogP contribution in [0, 0.1) is 11.3 Å². The van der Waals surface area contributed by atoms with Crippen LogP contribution >= 0.6 is 11.6 Å². The predicted octanol–water partition coefficient (Wildman–Crippen LogP) is 2.73. The number of nitrogens with one attached hydrogen (secondary N) is 1. The summed E-state index contributed by atoms with van der Waals surface area (Å²) in [5, 5.41) is 13.3. The fourth-order valence-corrected chi connectivity index (χ4v) is 2.96. The molecule has 7 heteroatoms. The fourth-order valence-electron chi connectivity index (χ4n) is 2.80. The molecule has 0 aliphatic rings. The number of aromatic nitrogens is 1. The number of hydrogen-bond donors (Lipinski definition) is 2. The Hall–Kier alpha value is -3.30. The lowest BCUT2D eigenvalue weighted by Crippen LogP contribution is -2.25. The van der Waals surface area contributed by atoms with Crippen LogP contribution in [-0.4, -0.2) is 16.4 Å². The van der Waals surface area contributed by atoms with E-state index in [-0.39, 0.29) is 23.6 Å². The Kier molecular flexibility index (Phi) is 4.65. The van der Waals surface area contributed by atoms with Crippen LogP contribution in [0.25, 0.3) is 10.9 Å². The lowest BCUT2D eigenvalue weighted by Gasteiger charge is -2.08. The maximum absolute atomic E-state index is 12.5. The second-order valence-corrected chi connectivity index (χ2v) is 6.27. The van der Waals surface area contributed by atoms with Gasteiger partial charge in [-0.15, -0.1) is 0 Å². The van der Waals surface area contributed by atoms with Crippen molar-refractivity contribution in [3.8, 4) is 6.07 Å². The second-order valence-electron chi connectivity index (χ2n) is 5.83. The molecule has 3 aromatic rings. The SMILES string of the molecule is Cn1c(C(=O)NCc2ccc(C#N)c(C(N)=O)c2)cc2ccc(Cl)cc21. The zero-order valence-corrected chi connectivity index (χ0v) is 14.7. The lowest BCUT2D eigenvalue weighted by molar-refractivity contribution is 0.0942. The molecule has 130 valence electrons. The first-order chi connectivity index (χ1) is 12.4. The van der Waals surface area contributed by atoms with Crippen LogP contribution in [0.2, 0.25) is 5.02 Å². The summed E-state index contributed by atoms with van der Waals surface area (Å²) < 4.78 is 1.77. The number of benzene rings is 2. The molecule has 0 fully saturated rings. The summed E-state index contributed by atoms with van der Waals surface area (Å²) in [7, 11) is 1.79. The van der Waals surface area contributed by atoms with Crippen LogP contribution in [0.5, 0.6) is 0 Å². The number of primary amides is 1. The van der Waals surface area contributed by atoms with Crippen LogP contribution in [0.15, 0.2) is 42.5 Å². The van der Waals surface area contributed by atoms with E-state index in [2.05, 4.69) is 5.32 Å². The Balaban J connectivity index is 1.81. The Morgan fingerprint density at radius 2 is 2.00 bits per heavy atom. The molecule has 0 unspecified atom stereocenters. The molecule has 0 saturated carbocycles. The predicted molar refractivity (Wildman–Crippen MR) is 98.8 cm³/mol. The van der Waals surface area contributed by atoms with Crippen molar-refractivity contribution in [1.29, 1.82) is 5.26 Å². The van der Waals surface area contributed by atoms with E-state index in [1.807, 2.05) is 12.1 Å². The molecule has 1 aromatic heterocycles. The summed E-state index contributed by atoms with van der Waals surface area (Å²) in [5.41, 5.74) is 7.66. The topological polar surface area (TPSA) is 101 Å². The van der Waals surface area contributed by atoms with Crippen LogP contribution in [-0.2, 0) is 13.6 Å². The lowest BCUT2D eigenvalue weighted by atomic mass is 10.0. The van der Waals surface area contributed by atoms with E-state index in [1.165, 1.54) is 12.1 Å². The monoisotopic (exact) mass is 366 g/mol. The number of nitrogens with two attached hydrogens (primary N) is 1. The second kappa shape index (κ2) is 6.90. The zero-order chi connectivity index (χ0) is 18.8. The molecule has 1 heterocycles. The number of nitrogens with zero attached hydrogens (tertiary/aromatic N) is 2. The van der Waals surface area contributed by atoms with E-state index in [4.69, 9.17) is 22.6 Å². The van der Waals surface area contributed by atoms with Crippen molar-refractivity contribution in [2.45, 2.75) is 6.54 Å². The molecular weight excluding hydrogens is 352 g/mol. The molecule has 3 N–H and O–H groups in total. The number of carbonyl (C=O) groups is 2. The smallest absolute Gasteiger partial charge is 0.268 e. The third-order valence-electron chi connectivity index (χ3n) is 4.16. The van der Waals surface area contributed by atoms with Gasteiger partial charge in [0, 0.05) is 29.5 Å². The summed E-state index contributed by atoms with van der Waals surface area (Å²) >= 11 is 6.01. The number of amides is 2. The number of fused-ring (bicyclic) bond motifs is 1. The van der Waals surface area contributed by atoms with Crippen molar-refractivity contribution in [3.05, 3.63) is 69.9 Å². The maximum Gasteiger partial charge on any atom is 0.268 e. The summed E-state index contributed by atoms with van der Waals surface area (Å²) in [5.74, 6) is -0.940. The maximum atomic E-state index is 12.5. The summed E-state index contributed by atoms with van der Waals surface area (Å²) in [6, 6.07) is 13.8. The van der Waals surface area contributed by atoms with E-state index in [1.54, 1.807) is 35.9 Å². The first-order valence-electron chi connectivity index (χ1n) is 7.76. The molecule has 0 atom stereocenters. The summed E-state index contributed by atoms with van der Waals surface area (Å²) in [6.07, 6.45) is 0. The molecular formula is C19H15ClN4O2. The van der Waals surface area contributed by atoms with Gasteiger partial charge in [-0.3, -0.25) is 9.59 Å².